The number of ether oxygens (including phenoxy) is 1. The SMILES string of the molecule is CNc1ccc(C2(NCC3=CN(CC=O)C=C=C=N3)CO2)cc1. The van der Waals surface area contributed by atoms with Crippen LogP contribution in [0.5, 0.6) is 0 Å². The van der Waals surface area contributed by atoms with E-state index in [0.29, 0.717) is 13.2 Å². The van der Waals surface area contributed by atoms with E-state index in [0.717, 1.165) is 23.2 Å². The molecule has 0 spiro atoms. The summed E-state index contributed by atoms with van der Waals surface area (Å²) in [5.74, 6) is 2.70. The van der Waals surface area contributed by atoms with Gasteiger partial charge in [0.25, 0.3) is 0 Å². The van der Waals surface area contributed by atoms with Gasteiger partial charge in [0.15, 0.2) is 5.72 Å². The van der Waals surface area contributed by atoms with Gasteiger partial charge in [-0.1, -0.05) is 12.1 Å². The highest BCUT2D eigenvalue weighted by atomic mass is 16.6. The van der Waals surface area contributed by atoms with Crippen LogP contribution in [-0.2, 0) is 15.3 Å². The zero-order chi connectivity index (χ0) is 16.1. The Kier molecular flexibility index (Phi) is 4.42. The molecule has 2 heterocycles. The van der Waals surface area contributed by atoms with E-state index in [1.807, 2.05) is 31.3 Å². The number of benzene rings is 1. The summed E-state index contributed by atoms with van der Waals surface area (Å²) in [5.41, 5.74) is 5.21. The standard InChI is InChI=1S/C17H18N4O2/c1-18-15-5-3-14(4-6-15)17(13-23-17)20-11-16-12-21(9-10-22)8-2-7-19-16/h3-6,8,10,12,18,20H,9,11,13H2,1H3. The fourth-order valence-corrected chi connectivity index (χ4v) is 2.33. The monoisotopic (exact) mass is 310 g/mol. The van der Waals surface area contributed by atoms with Crippen molar-refractivity contribution in [2.24, 2.45) is 4.99 Å². The summed E-state index contributed by atoms with van der Waals surface area (Å²) < 4.78 is 5.64. The number of aliphatic imine (C=N–C) groups is 1. The molecular weight excluding hydrogens is 292 g/mol. The number of nitrogens with one attached hydrogen (secondary N) is 2. The van der Waals surface area contributed by atoms with E-state index in [-0.39, 0.29) is 6.54 Å². The van der Waals surface area contributed by atoms with E-state index in [1.165, 1.54) is 0 Å². The highest BCUT2D eigenvalue weighted by Crippen LogP contribution is 2.36. The summed E-state index contributed by atoms with van der Waals surface area (Å²) >= 11 is 0. The molecule has 2 aliphatic rings. The smallest absolute Gasteiger partial charge is 0.169 e. The first-order chi connectivity index (χ1) is 11.3. The zero-order valence-electron chi connectivity index (χ0n) is 12.9. The first kappa shape index (κ1) is 15.3. The highest BCUT2D eigenvalue weighted by Gasteiger charge is 2.46. The lowest BCUT2D eigenvalue weighted by Crippen LogP contribution is -2.32. The summed E-state index contributed by atoms with van der Waals surface area (Å²) in [6.45, 7) is 1.39. The zero-order valence-corrected chi connectivity index (χ0v) is 12.9. The van der Waals surface area contributed by atoms with E-state index in [4.69, 9.17) is 4.74 Å². The third-order valence-corrected chi connectivity index (χ3v) is 3.72. The number of epoxide rings is 1. The molecule has 6 nitrogen and oxygen atoms in total. The van der Waals surface area contributed by atoms with Crippen molar-refractivity contribution in [3.63, 3.8) is 0 Å². The molecule has 6 heteroatoms. The number of anilines is 1. The van der Waals surface area contributed by atoms with Gasteiger partial charge in [0.2, 0.25) is 0 Å². The van der Waals surface area contributed by atoms with E-state index < -0.39 is 5.72 Å². The lowest BCUT2D eigenvalue weighted by molar-refractivity contribution is -0.108. The van der Waals surface area contributed by atoms with Gasteiger partial charge >= 0.3 is 0 Å². The Morgan fingerprint density at radius 1 is 1.43 bits per heavy atom. The molecule has 1 atom stereocenters. The summed E-state index contributed by atoms with van der Waals surface area (Å²) in [5, 5.41) is 6.48. The number of carbonyl (C=O) groups excluding carboxylic acids is 1. The second-order valence-corrected chi connectivity index (χ2v) is 5.28. The number of hydrogen-bond donors (Lipinski definition) is 2. The van der Waals surface area contributed by atoms with Gasteiger partial charge in [0, 0.05) is 36.9 Å². The van der Waals surface area contributed by atoms with Crippen molar-refractivity contribution in [1.82, 2.24) is 10.2 Å². The Labute approximate surface area is 134 Å². The maximum atomic E-state index is 10.6. The molecule has 1 aromatic carbocycles. The maximum absolute atomic E-state index is 10.6. The average Bonchev–Trinajstić information content (AvgIpc) is 3.39. The third kappa shape index (κ3) is 3.59. The molecule has 23 heavy (non-hydrogen) atoms. The Balaban J connectivity index is 1.67. The van der Waals surface area contributed by atoms with Crippen LogP contribution in [0, 0.1) is 0 Å². The Morgan fingerprint density at radius 3 is 2.87 bits per heavy atom. The predicted octanol–water partition coefficient (Wildman–Crippen LogP) is 1.20. The van der Waals surface area contributed by atoms with E-state index in [2.05, 4.69) is 27.2 Å². The Morgan fingerprint density at radius 2 is 2.22 bits per heavy atom. The average molecular weight is 310 g/mol. The summed E-state index contributed by atoms with van der Waals surface area (Å²) in [4.78, 5) is 16.6. The fraction of sp³-hybridized carbons (Fsp3) is 0.294. The van der Waals surface area contributed by atoms with Gasteiger partial charge in [-0.2, -0.15) is 4.99 Å². The molecule has 0 saturated carbocycles. The molecule has 2 aliphatic heterocycles. The quantitative estimate of drug-likeness (QED) is 0.450. The molecule has 0 aromatic heterocycles. The summed E-state index contributed by atoms with van der Waals surface area (Å²) in [6.07, 6.45) is 4.28. The van der Waals surface area contributed by atoms with Gasteiger partial charge in [0.1, 0.15) is 6.29 Å². The summed E-state index contributed by atoms with van der Waals surface area (Å²) in [7, 11) is 1.89. The number of nitrogens with zero attached hydrogens (tertiary/aromatic N) is 2. The second-order valence-electron chi connectivity index (χ2n) is 5.28. The molecule has 1 saturated heterocycles. The van der Waals surface area contributed by atoms with Crippen molar-refractivity contribution in [1.29, 1.82) is 0 Å². The molecule has 1 aromatic rings. The number of aldehydes is 1. The molecule has 118 valence electrons. The van der Waals surface area contributed by atoms with E-state index in [9.17, 15) is 4.79 Å². The van der Waals surface area contributed by atoms with Crippen LogP contribution in [0.15, 0.2) is 53.1 Å². The Bertz CT molecular complexity index is 707. The van der Waals surface area contributed by atoms with Gasteiger partial charge < -0.3 is 19.7 Å². The van der Waals surface area contributed by atoms with Crippen LogP contribution in [0.3, 0.4) is 0 Å². The molecule has 1 unspecified atom stereocenters. The molecule has 1 fully saturated rings. The highest BCUT2D eigenvalue weighted by molar-refractivity contribution is 5.56. The van der Waals surface area contributed by atoms with Crippen molar-refractivity contribution in [3.05, 3.63) is 53.7 Å². The number of rotatable bonds is 7. The molecule has 0 amide bonds. The normalized spacial score (nSPS) is 21.8. The minimum Gasteiger partial charge on any atom is -0.388 e. The van der Waals surface area contributed by atoms with Crippen LogP contribution in [0.4, 0.5) is 5.69 Å². The second kappa shape index (κ2) is 6.65. The van der Waals surface area contributed by atoms with Crippen molar-refractivity contribution in [3.8, 4) is 0 Å². The van der Waals surface area contributed by atoms with Crippen LogP contribution in [-0.4, -0.2) is 43.8 Å². The minimum absolute atomic E-state index is 0.265. The van der Waals surface area contributed by atoms with Crippen molar-refractivity contribution < 1.29 is 9.53 Å². The lowest BCUT2D eigenvalue weighted by Gasteiger charge is -2.16. The van der Waals surface area contributed by atoms with Gasteiger partial charge in [-0.25, -0.2) is 0 Å². The van der Waals surface area contributed by atoms with Crippen molar-refractivity contribution in [2.45, 2.75) is 5.72 Å². The van der Waals surface area contributed by atoms with Gasteiger partial charge in [-0.3, -0.25) is 5.32 Å². The van der Waals surface area contributed by atoms with Gasteiger partial charge in [-0.15, -0.1) is 0 Å². The third-order valence-electron chi connectivity index (χ3n) is 3.72. The van der Waals surface area contributed by atoms with Gasteiger partial charge in [0.05, 0.1) is 25.0 Å². The Hall–Kier alpha value is -2.62. The van der Waals surface area contributed by atoms with E-state index >= 15 is 0 Å². The van der Waals surface area contributed by atoms with Crippen LogP contribution >= 0.6 is 0 Å². The van der Waals surface area contributed by atoms with E-state index in [1.54, 1.807) is 17.3 Å². The van der Waals surface area contributed by atoms with Crippen LogP contribution in [0.2, 0.25) is 0 Å². The predicted molar refractivity (Wildman–Crippen MR) is 88.0 cm³/mol. The molecule has 2 N–H and O–H groups in total. The molecule has 0 bridgehead atoms. The number of hydrogen-bond acceptors (Lipinski definition) is 6. The summed E-state index contributed by atoms with van der Waals surface area (Å²) in [6, 6.07) is 8.11. The maximum Gasteiger partial charge on any atom is 0.169 e. The largest absolute Gasteiger partial charge is 0.388 e. The minimum atomic E-state index is -0.457. The molecular formula is C17H18N4O2. The van der Waals surface area contributed by atoms with Crippen molar-refractivity contribution >= 4 is 17.8 Å². The number of carbonyl (C=O) groups is 1. The molecule has 0 radical (unpaired) electrons. The fourth-order valence-electron chi connectivity index (χ4n) is 2.33. The van der Waals surface area contributed by atoms with Gasteiger partial charge in [-0.05, 0) is 17.9 Å². The first-order valence-electron chi connectivity index (χ1n) is 7.38. The lowest BCUT2D eigenvalue weighted by atomic mass is 10.1. The topological polar surface area (TPSA) is 69.3 Å². The molecule has 0 aliphatic carbocycles. The van der Waals surface area contributed by atoms with Crippen LogP contribution < -0.4 is 10.6 Å². The first-order valence-corrected chi connectivity index (χ1v) is 7.38. The van der Waals surface area contributed by atoms with Crippen molar-refractivity contribution in [2.75, 3.05) is 32.1 Å². The van der Waals surface area contributed by atoms with Crippen LogP contribution in [0.1, 0.15) is 5.56 Å². The van der Waals surface area contributed by atoms with Crippen LogP contribution in [0.25, 0.3) is 0 Å². The molecule has 3 rings (SSSR count).